The maximum absolute atomic E-state index is 11.8. The second-order valence-electron chi connectivity index (χ2n) is 5.68. The van der Waals surface area contributed by atoms with E-state index in [2.05, 4.69) is 28.7 Å². The number of amides is 2. The molecule has 2 aromatic rings. The van der Waals surface area contributed by atoms with Crippen molar-refractivity contribution in [3.8, 4) is 10.4 Å². The predicted molar refractivity (Wildman–Crippen MR) is 105 cm³/mol. The Labute approximate surface area is 160 Å². The third kappa shape index (κ3) is 6.70. The van der Waals surface area contributed by atoms with Gasteiger partial charge in [-0.25, -0.2) is 10.5 Å². The lowest BCUT2D eigenvalue weighted by atomic mass is 10.2. The summed E-state index contributed by atoms with van der Waals surface area (Å²) in [7, 11) is 0. The van der Waals surface area contributed by atoms with Crippen LogP contribution in [0.4, 0.5) is 0 Å². The van der Waals surface area contributed by atoms with Crippen molar-refractivity contribution in [2.45, 2.75) is 39.0 Å². The average Bonchev–Trinajstić information content (AvgIpc) is 3.31. The van der Waals surface area contributed by atoms with Crippen LogP contribution in [0.2, 0.25) is 0 Å². The van der Waals surface area contributed by atoms with E-state index in [0.717, 1.165) is 39.6 Å². The standard InChI is InChI=1S/C18H23N3O3S2/c1-2-18-20-11-15(26-18)13-10-14(25-12-13)7-8-16(22)19-9-5-3-4-6-17(23)21-24/h7-8,10-12,24H,2-6,9H2,1H3,(H,19,22)(H,21,23)/b8-7-. The van der Waals surface area contributed by atoms with Crippen molar-refractivity contribution in [3.05, 3.63) is 33.6 Å². The third-order valence-electron chi connectivity index (χ3n) is 3.66. The zero-order valence-corrected chi connectivity index (χ0v) is 16.3. The second kappa shape index (κ2) is 10.8. The molecule has 0 fully saturated rings. The number of aromatic nitrogens is 1. The van der Waals surface area contributed by atoms with Crippen molar-refractivity contribution in [2.24, 2.45) is 0 Å². The number of unbranched alkanes of at least 4 members (excludes halogenated alkanes) is 2. The molecule has 0 spiro atoms. The smallest absolute Gasteiger partial charge is 0.244 e. The van der Waals surface area contributed by atoms with Crippen molar-refractivity contribution in [1.82, 2.24) is 15.8 Å². The number of hydroxylamine groups is 1. The molecular weight excluding hydrogens is 370 g/mol. The first kappa shape index (κ1) is 20.3. The summed E-state index contributed by atoms with van der Waals surface area (Å²) >= 11 is 3.29. The molecule has 2 aromatic heterocycles. The molecule has 26 heavy (non-hydrogen) atoms. The molecule has 3 N–H and O–H groups in total. The Hall–Kier alpha value is -2.03. The summed E-state index contributed by atoms with van der Waals surface area (Å²) < 4.78 is 0. The van der Waals surface area contributed by atoms with Crippen molar-refractivity contribution < 1.29 is 14.8 Å². The summed E-state index contributed by atoms with van der Waals surface area (Å²) in [5.41, 5.74) is 2.74. The van der Waals surface area contributed by atoms with Gasteiger partial charge in [-0.1, -0.05) is 13.3 Å². The minimum atomic E-state index is -0.378. The molecule has 0 bridgehead atoms. The first-order valence-corrected chi connectivity index (χ1v) is 10.2. The van der Waals surface area contributed by atoms with Gasteiger partial charge in [0.15, 0.2) is 0 Å². The topological polar surface area (TPSA) is 91.3 Å². The number of hydrogen-bond donors (Lipinski definition) is 3. The van der Waals surface area contributed by atoms with Crippen molar-refractivity contribution >= 4 is 40.6 Å². The molecule has 0 saturated carbocycles. The molecule has 2 heterocycles. The molecular formula is C18H23N3O3S2. The van der Waals surface area contributed by atoms with Gasteiger partial charge in [-0.05, 0) is 31.4 Å². The minimum Gasteiger partial charge on any atom is -0.353 e. The number of hydrogen-bond acceptors (Lipinski definition) is 6. The Morgan fingerprint density at radius 1 is 1.31 bits per heavy atom. The Kier molecular flexibility index (Phi) is 8.46. The summed E-state index contributed by atoms with van der Waals surface area (Å²) in [6, 6.07) is 2.06. The molecule has 0 radical (unpaired) electrons. The van der Waals surface area contributed by atoms with Crippen molar-refractivity contribution in [1.29, 1.82) is 0 Å². The van der Waals surface area contributed by atoms with Crippen LogP contribution in [0.1, 0.15) is 42.5 Å². The first-order chi connectivity index (χ1) is 12.6. The fourth-order valence-corrected chi connectivity index (χ4v) is 3.97. The Bertz CT molecular complexity index is 752. The summed E-state index contributed by atoms with van der Waals surface area (Å²) in [5, 5.41) is 14.4. The SMILES string of the molecule is CCc1ncc(-c2csc(/C=C\C(=O)NCCCCCC(=O)NO)c2)s1. The van der Waals surface area contributed by atoms with Crippen LogP contribution in [0.5, 0.6) is 0 Å². The van der Waals surface area contributed by atoms with Crippen LogP contribution in [0.3, 0.4) is 0 Å². The van der Waals surface area contributed by atoms with Crippen LogP contribution in [0, 0.1) is 0 Å². The molecule has 0 aromatic carbocycles. The Balaban J connectivity index is 1.70. The number of carbonyl (C=O) groups is 2. The van der Waals surface area contributed by atoms with Crippen LogP contribution in [-0.4, -0.2) is 28.6 Å². The zero-order chi connectivity index (χ0) is 18.8. The minimum absolute atomic E-state index is 0.126. The van der Waals surface area contributed by atoms with Gasteiger partial charge in [0, 0.05) is 41.1 Å². The lowest BCUT2D eigenvalue weighted by Gasteiger charge is -2.02. The van der Waals surface area contributed by atoms with E-state index in [4.69, 9.17) is 5.21 Å². The van der Waals surface area contributed by atoms with Crippen molar-refractivity contribution in [2.75, 3.05) is 6.54 Å². The molecule has 2 rings (SSSR count). The van der Waals surface area contributed by atoms with Crippen LogP contribution >= 0.6 is 22.7 Å². The zero-order valence-electron chi connectivity index (χ0n) is 14.7. The molecule has 2 amide bonds. The van der Waals surface area contributed by atoms with Gasteiger partial charge in [-0.2, -0.15) is 0 Å². The van der Waals surface area contributed by atoms with Crippen LogP contribution in [0.15, 0.2) is 23.7 Å². The predicted octanol–water partition coefficient (Wildman–Crippen LogP) is 3.63. The van der Waals surface area contributed by atoms with Gasteiger partial charge in [0.2, 0.25) is 11.8 Å². The normalized spacial score (nSPS) is 11.0. The fourth-order valence-electron chi connectivity index (χ4n) is 2.25. The summed E-state index contributed by atoms with van der Waals surface area (Å²) in [4.78, 5) is 29.2. The highest BCUT2D eigenvalue weighted by Gasteiger charge is 2.05. The lowest BCUT2D eigenvalue weighted by Crippen LogP contribution is -2.22. The highest BCUT2D eigenvalue weighted by molar-refractivity contribution is 7.16. The number of nitrogens with one attached hydrogen (secondary N) is 2. The van der Waals surface area contributed by atoms with Crippen LogP contribution in [0.25, 0.3) is 16.5 Å². The maximum atomic E-state index is 11.8. The quantitative estimate of drug-likeness (QED) is 0.249. The molecule has 0 saturated heterocycles. The van der Waals surface area contributed by atoms with Gasteiger partial charge in [0.25, 0.3) is 0 Å². The van der Waals surface area contributed by atoms with E-state index >= 15 is 0 Å². The van der Waals surface area contributed by atoms with Gasteiger partial charge in [-0.3, -0.25) is 14.8 Å². The van der Waals surface area contributed by atoms with E-state index in [-0.39, 0.29) is 11.8 Å². The van der Waals surface area contributed by atoms with Crippen molar-refractivity contribution in [3.63, 3.8) is 0 Å². The van der Waals surface area contributed by atoms with Gasteiger partial charge in [0.1, 0.15) is 0 Å². The fraction of sp³-hybridized carbons (Fsp3) is 0.389. The molecule has 0 atom stereocenters. The number of thiophene rings is 1. The maximum Gasteiger partial charge on any atom is 0.244 e. The van der Waals surface area contributed by atoms with E-state index in [0.29, 0.717) is 19.4 Å². The highest BCUT2D eigenvalue weighted by atomic mass is 32.1. The van der Waals surface area contributed by atoms with Gasteiger partial charge in [-0.15, -0.1) is 22.7 Å². The van der Waals surface area contributed by atoms with E-state index in [1.165, 1.54) is 0 Å². The van der Waals surface area contributed by atoms with E-state index in [9.17, 15) is 9.59 Å². The number of carbonyl (C=O) groups excluding carboxylic acids is 2. The lowest BCUT2D eigenvalue weighted by molar-refractivity contribution is -0.129. The summed E-state index contributed by atoms with van der Waals surface area (Å²) in [6.07, 6.45) is 8.80. The molecule has 140 valence electrons. The molecule has 0 aliphatic carbocycles. The second-order valence-corrected chi connectivity index (χ2v) is 7.74. The van der Waals surface area contributed by atoms with Gasteiger partial charge >= 0.3 is 0 Å². The molecule has 0 unspecified atom stereocenters. The highest BCUT2D eigenvalue weighted by Crippen LogP contribution is 2.30. The molecule has 6 nitrogen and oxygen atoms in total. The average molecular weight is 394 g/mol. The number of aryl methyl sites for hydroxylation is 1. The summed E-state index contributed by atoms with van der Waals surface area (Å²) in [5.74, 6) is -0.504. The number of thiazole rings is 1. The third-order valence-corrected chi connectivity index (χ3v) is 5.75. The summed E-state index contributed by atoms with van der Waals surface area (Å²) in [6.45, 7) is 2.66. The van der Waals surface area contributed by atoms with Gasteiger partial charge < -0.3 is 5.32 Å². The van der Waals surface area contributed by atoms with Gasteiger partial charge in [0.05, 0.1) is 9.88 Å². The Morgan fingerprint density at radius 3 is 2.88 bits per heavy atom. The van der Waals surface area contributed by atoms with E-state index in [1.54, 1.807) is 34.2 Å². The largest absolute Gasteiger partial charge is 0.353 e. The van der Waals surface area contributed by atoms with Crippen LogP contribution in [-0.2, 0) is 16.0 Å². The van der Waals surface area contributed by atoms with Crippen LogP contribution < -0.4 is 10.8 Å². The number of nitrogens with zero attached hydrogens (tertiary/aromatic N) is 1. The number of rotatable bonds is 10. The molecule has 0 aliphatic heterocycles. The Morgan fingerprint density at radius 2 is 2.15 bits per heavy atom. The first-order valence-electron chi connectivity index (χ1n) is 8.54. The van der Waals surface area contributed by atoms with E-state index in [1.807, 2.05) is 12.3 Å². The van der Waals surface area contributed by atoms with E-state index < -0.39 is 0 Å². The molecule has 0 aliphatic rings. The molecule has 8 heteroatoms. The monoisotopic (exact) mass is 393 g/mol.